The van der Waals surface area contributed by atoms with E-state index in [0.29, 0.717) is 5.56 Å². The molecule has 0 saturated carbocycles. The van der Waals surface area contributed by atoms with Crippen molar-refractivity contribution in [3.8, 4) is 17.0 Å². The molecule has 0 aliphatic carbocycles. The van der Waals surface area contributed by atoms with Gasteiger partial charge in [-0.1, -0.05) is 12.1 Å². The van der Waals surface area contributed by atoms with Crippen molar-refractivity contribution in [1.29, 1.82) is 0 Å². The van der Waals surface area contributed by atoms with Gasteiger partial charge in [-0.25, -0.2) is 18.6 Å². The van der Waals surface area contributed by atoms with E-state index < -0.39 is 59.3 Å². The third kappa shape index (κ3) is 6.80. The van der Waals surface area contributed by atoms with Gasteiger partial charge in [-0.05, 0) is 57.9 Å². The molecule has 2 heterocycles. The summed E-state index contributed by atoms with van der Waals surface area (Å²) in [6.45, 7) is -0.677. The SMILES string of the molecule is NC(=O)c1c(F)ccc(OC(CN(Cc2ccncc2)C(=O)O)c2nc(-c3ccc(C(F)(F)F)cc3)c(Br)o2)c1F. The van der Waals surface area contributed by atoms with Crippen molar-refractivity contribution in [2.75, 3.05) is 6.54 Å². The molecular weight excluding hydrogens is 623 g/mol. The minimum Gasteiger partial charge on any atom is -0.476 e. The second-order valence-corrected chi connectivity index (χ2v) is 9.19. The summed E-state index contributed by atoms with van der Waals surface area (Å²) < 4.78 is 79.3. The normalized spacial score (nSPS) is 12.1. The Balaban J connectivity index is 1.74. The molecule has 3 N–H and O–H groups in total. The molecule has 41 heavy (non-hydrogen) atoms. The summed E-state index contributed by atoms with van der Waals surface area (Å²) in [6, 6.07) is 8.71. The lowest BCUT2D eigenvalue weighted by atomic mass is 10.1. The van der Waals surface area contributed by atoms with Gasteiger partial charge in [0, 0.05) is 24.5 Å². The molecule has 0 fully saturated rings. The molecule has 0 saturated heterocycles. The lowest BCUT2D eigenvalue weighted by Gasteiger charge is -2.25. The Morgan fingerprint density at radius 1 is 1.07 bits per heavy atom. The number of nitrogens with two attached hydrogens (primary N) is 1. The van der Waals surface area contributed by atoms with Crippen molar-refractivity contribution in [1.82, 2.24) is 14.9 Å². The molecule has 1 atom stereocenters. The van der Waals surface area contributed by atoms with Crippen LogP contribution in [0.2, 0.25) is 0 Å². The number of hydrogen-bond acceptors (Lipinski definition) is 6. The van der Waals surface area contributed by atoms with Gasteiger partial charge in [-0.15, -0.1) is 0 Å². The zero-order valence-corrected chi connectivity index (χ0v) is 22.1. The average molecular weight is 641 g/mol. The summed E-state index contributed by atoms with van der Waals surface area (Å²) in [7, 11) is 0. The molecule has 0 spiro atoms. The molecule has 0 aliphatic heterocycles. The Morgan fingerprint density at radius 3 is 2.32 bits per heavy atom. The van der Waals surface area contributed by atoms with Crippen LogP contribution in [0.5, 0.6) is 5.75 Å². The molecule has 2 aromatic heterocycles. The highest BCUT2D eigenvalue weighted by Gasteiger charge is 2.32. The van der Waals surface area contributed by atoms with Gasteiger partial charge in [0.25, 0.3) is 5.91 Å². The van der Waals surface area contributed by atoms with E-state index in [2.05, 4.69) is 25.9 Å². The fourth-order valence-corrected chi connectivity index (χ4v) is 4.22. The number of carbonyl (C=O) groups excluding carboxylic acids is 1. The van der Waals surface area contributed by atoms with Crippen molar-refractivity contribution < 1.29 is 45.8 Å². The molecule has 0 radical (unpaired) electrons. The Kier molecular flexibility index (Phi) is 8.56. The van der Waals surface area contributed by atoms with Gasteiger partial charge in [0.2, 0.25) is 5.89 Å². The number of nitrogens with zero attached hydrogens (tertiary/aromatic N) is 3. The number of primary amides is 1. The van der Waals surface area contributed by atoms with Crippen LogP contribution >= 0.6 is 15.9 Å². The van der Waals surface area contributed by atoms with E-state index in [9.17, 15) is 32.3 Å². The molecular formula is C26H18BrF5N4O5. The number of aromatic nitrogens is 2. The molecule has 4 rings (SSSR count). The third-order valence-electron chi connectivity index (χ3n) is 5.71. The fraction of sp³-hybridized carbons (Fsp3) is 0.154. The number of carbonyl (C=O) groups is 2. The van der Waals surface area contributed by atoms with Gasteiger partial charge >= 0.3 is 12.3 Å². The first-order chi connectivity index (χ1) is 19.3. The van der Waals surface area contributed by atoms with Crippen molar-refractivity contribution in [3.05, 3.63) is 99.8 Å². The van der Waals surface area contributed by atoms with E-state index in [1.54, 1.807) is 12.1 Å². The van der Waals surface area contributed by atoms with Gasteiger partial charge in [0.05, 0.1) is 12.1 Å². The van der Waals surface area contributed by atoms with Crippen LogP contribution in [0.25, 0.3) is 11.3 Å². The summed E-state index contributed by atoms with van der Waals surface area (Å²) in [4.78, 5) is 32.7. The van der Waals surface area contributed by atoms with Crippen LogP contribution < -0.4 is 10.5 Å². The van der Waals surface area contributed by atoms with Crippen LogP contribution in [0.15, 0.2) is 70.0 Å². The maximum atomic E-state index is 15.0. The number of hydrogen-bond donors (Lipinski definition) is 2. The number of amides is 2. The van der Waals surface area contributed by atoms with E-state index in [4.69, 9.17) is 14.9 Å². The first kappa shape index (κ1) is 29.5. The van der Waals surface area contributed by atoms with Crippen LogP contribution in [0.1, 0.15) is 33.5 Å². The van der Waals surface area contributed by atoms with Gasteiger partial charge in [0.1, 0.15) is 17.1 Å². The highest BCUT2D eigenvalue weighted by atomic mass is 79.9. The summed E-state index contributed by atoms with van der Waals surface area (Å²) >= 11 is 3.14. The minimum absolute atomic E-state index is 0.0377. The quantitative estimate of drug-likeness (QED) is 0.208. The van der Waals surface area contributed by atoms with Gasteiger partial charge in [-0.3, -0.25) is 14.7 Å². The summed E-state index contributed by atoms with van der Waals surface area (Å²) in [5, 5.41) is 9.85. The Hall–Kier alpha value is -4.53. The van der Waals surface area contributed by atoms with Crippen LogP contribution in [0.4, 0.5) is 26.7 Å². The van der Waals surface area contributed by atoms with Crippen molar-refractivity contribution in [3.63, 3.8) is 0 Å². The maximum absolute atomic E-state index is 15.0. The minimum atomic E-state index is -4.57. The molecule has 0 aliphatic rings. The second-order valence-electron chi connectivity index (χ2n) is 8.47. The summed E-state index contributed by atoms with van der Waals surface area (Å²) in [5.41, 5.74) is 3.90. The molecule has 4 aromatic rings. The zero-order valence-electron chi connectivity index (χ0n) is 20.5. The van der Waals surface area contributed by atoms with Crippen LogP contribution in [-0.4, -0.2) is 38.5 Å². The monoisotopic (exact) mass is 640 g/mol. The van der Waals surface area contributed by atoms with E-state index in [0.717, 1.165) is 41.3 Å². The average Bonchev–Trinajstić information content (AvgIpc) is 3.30. The van der Waals surface area contributed by atoms with Crippen molar-refractivity contribution >= 4 is 27.9 Å². The van der Waals surface area contributed by atoms with E-state index in [1.807, 2.05) is 0 Å². The van der Waals surface area contributed by atoms with Crippen molar-refractivity contribution in [2.45, 2.75) is 18.8 Å². The van der Waals surface area contributed by atoms with Crippen molar-refractivity contribution in [2.24, 2.45) is 5.73 Å². The molecule has 0 bridgehead atoms. The second kappa shape index (κ2) is 11.9. The predicted octanol–water partition coefficient (Wildman–Crippen LogP) is 6.20. The molecule has 2 aromatic carbocycles. The number of alkyl halides is 3. The lowest BCUT2D eigenvalue weighted by Crippen LogP contribution is -2.35. The van der Waals surface area contributed by atoms with E-state index >= 15 is 4.39 Å². The first-order valence-electron chi connectivity index (χ1n) is 11.5. The van der Waals surface area contributed by atoms with Gasteiger partial charge < -0.3 is 20.0 Å². The molecule has 15 heteroatoms. The van der Waals surface area contributed by atoms with Crippen LogP contribution in [-0.2, 0) is 12.7 Å². The predicted molar refractivity (Wildman–Crippen MR) is 136 cm³/mol. The highest BCUT2D eigenvalue weighted by Crippen LogP contribution is 2.36. The number of carboxylic acid groups (broad SMARTS) is 1. The summed E-state index contributed by atoms with van der Waals surface area (Å²) in [6.07, 6.45) is -4.56. The highest BCUT2D eigenvalue weighted by molar-refractivity contribution is 9.10. The fourth-order valence-electron chi connectivity index (χ4n) is 3.74. The zero-order chi connectivity index (χ0) is 29.9. The van der Waals surface area contributed by atoms with Crippen LogP contribution in [0, 0.1) is 11.6 Å². The lowest BCUT2D eigenvalue weighted by molar-refractivity contribution is -0.137. The van der Waals surface area contributed by atoms with Crippen LogP contribution in [0.3, 0.4) is 0 Å². The number of rotatable bonds is 9. The smallest absolute Gasteiger partial charge is 0.416 e. The molecule has 9 nitrogen and oxygen atoms in total. The molecule has 214 valence electrons. The Bertz CT molecular complexity index is 1570. The number of ether oxygens (including phenoxy) is 1. The standard InChI is InChI=1S/C26H18BrF5N4O5/c27-22-21(14-1-3-15(4-2-14)26(30,31)32)35-24(41-22)18(12-36(25(38)39)11-13-7-9-34-10-8-13)40-17-6-5-16(28)19(20(17)29)23(33)37/h1-10,18H,11-12H2,(H2,33,37)(H,38,39). The first-order valence-corrected chi connectivity index (χ1v) is 12.3. The van der Waals surface area contributed by atoms with Gasteiger partial charge in [0.15, 0.2) is 22.3 Å². The molecule has 2 amide bonds. The van der Waals surface area contributed by atoms with E-state index in [1.165, 1.54) is 12.4 Å². The molecule has 1 unspecified atom stereocenters. The Morgan fingerprint density at radius 2 is 1.73 bits per heavy atom. The number of halogens is 6. The topological polar surface area (TPSA) is 132 Å². The number of benzene rings is 2. The summed E-state index contributed by atoms with van der Waals surface area (Å²) in [5.74, 6) is -5.06. The Labute approximate surface area is 236 Å². The number of pyridine rings is 1. The van der Waals surface area contributed by atoms with Gasteiger partial charge in [-0.2, -0.15) is 13.2 Å². The number of oxazole rings is 1. The third-order valence-corrected chi connectivity index (χ3v) is 6.25. The maximum Gasteiger partial charge on any atom is 0.416 e. The van der Waals surface area contributed by atoms with E-state index in [-0.39, 0.29) is 28.4 Å². The largest absolute Gasteiger partial charge is 0.476 e.